The summed E-state index contributed by atoms with van der Waals surface area (Å²) in [5, 5.41) is 4.03. The molecule has 0 saturated carbocycles. The van der Waals surface area contributed by atoms with Gasteiger partial charge in [-0.05, 0) is 23.1 Å². The van der Waals surface area contributed by atoms with Gasteiger partial charge in [0.15, 0.2) is 6.79 Å². The number of aldehydes is 1. The van der Waals surface area contributed by atoms with Crippen LogP contribution in [0.25, 0.3) is 20.9 Å². The second kappa shape index (κ2) is 8.92. The first-order valence-electron chi connectivity index (χ1n) is 7.74. The molecule has 25 heavy (non-hydrogen) atoms. The van der Waals surface area contributed by atoms with Crippen LogP contribution in [-0.2, 0) is 9.47 Å². The van der Waals surface area contributed by atoms with E-state index in [1.807, 2.05) is 29.6 Å². The average Bonchev–Trinajstić information content (AvgIpc) is 3.31. The molecule has 0 saturated heterocycles. The fraction of sp³-hybridized carbons (Fsp3) is 0.211. The van der Waals surface area contributed by atoms with E-state index < -0.39 is 0 Å². The van der Waals surface area contributed by atoms with Crippen molar-refractivity contribution in [2.75, 3.05) is 27.1 Å². The van der Waals surface area contributed by atoms with Gasteiger partial charge in [-0.1, -0.05) is 24.3 Å². The summed E-state index contributed by atoms with van der Waals surface area (Å²) >= 11 is 3.31. The molecule has 2 aromatic heterocycles. The molecular weight excluding hydrogens is 356 g/mol. The highest BCUT2D eigenvalue weighted by atomic mass is 32.1. The standard InChI is InChI=1S/C19H18O4S2/c1-21-7-8-22-13-23-16-12-25-19(17-6-3-9-24-17)18(16)15-5-2-4-14(10-15)11-20/h2-6,9-12H,7-8,13H2,1H3. The monoisotopic (exact) mass is 374 g/mol. The number of carbonyl (C=O) groups excluding carboxylic acids is 1. The fourth-order valence-electron chi connectivity index (χ4n) is 2.38. The van der Waals surface area contributed by atoms with Crippen molar-refractivity contribution in [3.63, 3.8) is 0 Å². The molecule has 0 unspecified atom stereocenters. The molecule has 0 N–H and O–H groups in total. The van der Waals surface area contributed by atoms with Crippen molar-refractivity contribution in [3.8, 4) is 26.6 Å². The van der Waals surface area contributed by atoms with Crippen LogP contribution < -0.4 is 4.74 Å². The van der Waals surface area contributed by atoms with Gasteiger partial charge in [-0.15, -0.1) is 22.7 Å². The van der Waals surface area contributed by atoms with Crippen LogP contribution >= 0.6 is 22.7 Å². The molecule has 0 bridgehead atoms. The van der Waals surface area contributed by atoms with Crippen molar-refractivity contribution in [2.24, 2.45) is 0 Å². The summed E-state index contributed by atoms with van der Waals surface area (Å²) < 4.78 is 16.2. The Morgan fingerprint density at radius 2 is 2.04 bits per heavy atom. The van der Waals surface area contributed by atoms with Crippen LogP contribution in [0.4, 0.5) is 0 Å². The Morgan fingerprint density at radius 1 is 1.12 bits per heavy atom. The lowest BCUT2D eigenvalue weighted by molar-refractivity contribution is -0.00802. The van der Waals surface area contributed by atoms with Gasteiger partial charge >= 0.3 is 0 Å². The molecule has 0 radical (unpaired) electrons. The van der Waals surface area contributed by atoms with Crippen LogP contribution in [0.1, 0.15) is 10.4 Å². The molecule has 130 valence electrons. The largest absolute Gasteiger partial charge is 0.466 e. The molecule has 3 aromatic rings. The lowest BCUT2D eigenvalue weighted by atomic mass is 10.0. The van der Waals surface area contributed by atoms with Gasteiger partial charge in [-0.25, -0.2) is 0 Å². The van der Waals surface area contributed by atoms with E-state index in [-0.39, 0.29) is 6.79 Å². The number of ether oxygens (including phenoxy) is 3. The maximum atomic E-state index is 11.1. The third-order valence-electron chi connectivity index (χ3n) is 3.54. The second-order valence-corrected chi connectivity index (χ2v) is 7.02. The summed E-state index contributed by atoms with van der Waals surface area (Å²) in [6.45, 7) is 1.17. The molecule has 1 aromatic carbocycles. The third kappa shape index (κ3) is 4.35. The normalized spacial score (nSPS) is 10.8. The van der Waals surface area contributed by atoms with Crippen LogP contribution in [0, 0.1) is 0 Å². The molecule has 0 aliphatic heterocycles. The molecule has 4 nitrogen and oxygen atoms in total. The van der Waals surface area contributed by atoms with Gasteiger partial charge in [0.25, 0.3) is 0 Å². The van der Waals surface area contributed by atoms with E-state index in [0.29, 0.717) is 18.8 Å². The third-order valence-corrected chi connectivity index (χ3v) is 5.55. The van der Waals surface area contributed by atoms with Gasteiger partial charge in [-0.2, -0.15) is 0 Å². The molecule has 3 rings (SSSR count). The molecule has 0 fully saturated rings. The summed E-state index contributed by atoms with van der Waals surface area (Å²) in [7, 11) is 1.63. The SMILES string of the molecule is COCCOCOc1csc(-c2cccs2)c1-c1cccc(C=O)c1. The Kier molecular flexibility index (Phi) is 6.36. The van der Waals surface area contributed by atoms with Crippen molar-refractivity contribution in [1.82, 2.24) is 0 Å². The van der Waals surface area contributed by atoms with Gasteiger partial charge in [0.05, 0.1) is 18.1 Å². The number of thiophene rings is 2. The molecule has 0 atom stereocenters. The van der Waals surface area contributed by atoms with Crippen molar-refractivity contribution in [2.45, 2.75) is 0 Å². The summed E-state index contributed by atoms with van der Waals surface area (Å²) in [6, 6.07) is 11.7. The quantitative estimate of drug-likeness (QED) is 0.302. The van der Waals surface area contributed by atoms with Crippen molar-refractivity contribution < 1.29 is 19.0 Å². The van der Waals surface area contributed by atoms with Gasteiger partial charge in [0.1, 0.15) is 12.0 Å². The molecule has 0 amide bonds. The topological polar surface area (TPSA) is 44.8 Å². The van der Waals surface area contributed by atoms with Gasteiger partial charge in [-0.3, -0.25) is 4.79 Å². The maximum Gasteiger partial charge on any atom is 0.189 e. The minimum Gasteiger partial charge on any atom is -0.466 e. The zero-order chi connectivity index (χ0) is 17.5. The Labute approximate surface area is 154 Å². The number of benzene rings is 1. The Hall–Kier alpha value is -1.99. The molecular formula is C19H18O4S2. The number of carbonyl (C=O) groups is 1. The molecule has 0 aliphatic rings. The Morgan fingerprint density at radius 3 is 2.80 bits per heavy atom. The van der Waals surface area contributed by atoms with Crippen LogP contribution in [0.15, 0.2) is 47.2 Å². The van der Waals surface area contributed by atoms with Crippen molar-refractivity contribution >= 4 is 29.0 Å². The Balaban J connectivity index is 1.91. The first-order chi connectivity index (χ1) is 12.3. The molecule has 0 aliphatic carbocycles. The molecule has 6 heteroatoms. The van der Waals surface area contributed by atoms with Gasteiger partial charge in [0.2, 0.25) is 0 Å². The van der Waals surface area contributed by atoms with Crippen LogP contribution in [0.2, 0.25) is 0 Å². The van der Waals surface area contributed by atoms with Gasteiger partial charge in [0, 0.05) is 28.5 Å². The van der Waals surface area contributed by atoms with E-state index in [2.05, 4.69) is 11.4 Å². The molecule has 0 spiro atoms. The van der Waals surface area contributed by atoms with Gasteiger partial charge < -0.3 is 14.2 Å². The fourth-order valence-corrected chi connectivity index (χ4v) is 4.27. The average molecular weight is 374 g/mol. The number of methoxy groups -OCH3 is 1. The summed E-state index contributed by atoms with van der Waals surface area (Å²) in [6.07, 6.45) is 0.856. The van der Waals surface area contributed by atoms with Crippen molar-refractivity contribution in [1.29, 1.82) is 0 Å². The van der Waals surface area contributed by atoms with E-state index in [1.165, 1.54) is 4.88 Å². The number of rotatable bonds is 9. The number of hydrogen-bond acceptors (Lipinski definition) is 6. The maximum absolute atomic E-state index is 11.1. The smallest absolute Gasteiger partial charge is 0.189 e. The predicted molar refractivity (Wildman–Crippen MR) is 102 cm³/mol. The highest BCUT2D eigenvalue weighted by molar-refractivity contribution is 7.21. The summed E-state index contributed by atoms with van der Waals surface area (Å²) in [5.74, 6) is 0.758. The van der Waals surface area contributed by atoms with E-state index >= 15 is 0 Å². The highest BCUT2D eigenvalue weighted by Gasteiger charge is 2.17. The van der Waals surface area contributed by atoms with Crippen LogP contribution in [0.3, 0.4) is 0 Å². The van der Waals surface area contributed by atoms with E-state index in [0.717, 1.165) is 28.0 Å². The van der Waals surface area contributed by atoms with Crippen LogP contribution in [0.5, 0.6) is 5.75 Å². The lowest BCUT2D eigenvalue weighted by Crippen LogP contribution is -2.07. The zero-order valence-corrected chi connectivity index (χ0v) is 15.4. The Bertz CT molecular complexity index is 809. The molecule has 2 heterocycles. The second-order valence-electron chi connectivity index (χ2n) is 5.19. The first-order valence-corrected chi connectivity index (χ1v) is 9.50. The minimum absolute atomic E-state index is 0.157. The predicted octanol–water partition coefficient (Wildman–Crippen LogP) is 4.96. The van der Waals surface area contributed by atoms with E-state index in [1.54, 1.807) is 35.8 Å². The van der Waals surface area contributed by atoms with E-state index in [9.17, 15) is 4.79 Å². The minimum atomic E-state index is 0.157. The highest BCUT2D eigenvalue weighted by Crippen LogP contribution is 2.45. The van der Waals surface area contributed by atoms with Crippen molar-refractivity contribution in [3.05, 3.63) is 52.7 Å². The van der Waals surface area contributed by atoms with Crippen LogP contribution in [-0.4, -0.2) is 33.4 Å². The van der Waals surface area contributed by atoms with E-state index in [4.69, 9.17) is 14.2 Å². The number of hydrogen-bond donors (Lipinski definition) is 0. The summed E-state index contributed by atoms with van der Waals surface area (Å²) in [4.78, 5) is 13.4. The first kappa shape index (κ1) is 17.8. The summed E-state index contributed by atoms with van der Waals surface area (Å²) in [5.41, 5.74) is 2.59. The zero-order valence-electron chi connectivity index (χ0n) is 13.8. The lowest BCUT2D eigenvalue weighted by Gasteiger charge is -2.10.